The average Bonchev–Trinajstić information content (AvgIpc) is 2.32. The summed E-state index contributed by atoms with van der Waals surface area (Å²) in [6.45, 7) is 0.220. The molecule has 3 N–H and O–H groups in total. The fourth-order valence-corrected chi connectivity index (χ4v) is 2.98. The number of amidine groups is 1. The minimum absolute atomic E-state index is 0.0368. The molecule has 0 amide bonds. The Bertz CT molecular complexity index is 565. The van der Waals surface area contributed by atoms with Crippen molar-refractivity contribution in [3.63, 3.8) is 0 Å². The lowest BCUT2D eigenvalue weighted by Crippen LogP contribution is -2.24. The number of hydrogen-bond donors (Lipinski definition) is 2. The molecule has 0 radical (unpaired) electrons. The van der Waals surface area contributed by atoms with Crippen LogP contribution in [0.5, 0.6) is 0 Å². The molecule has 0 atom stereocenters. The van der Waals surface area contributed by atoms with Crippen LogP contribution in [0.2, 0.25) is 0 Å². The fourth-order valence-electron chi connectivity index (χ4n) is 1.84. The number of rotatable bonds is 6. The molecule has 0 saturated heterocycles. The Kier molecular flexibility index (Phi) is 4.21. The lowest BCUT2D eigenvalue weighted by Gasteiger charge is -2.25. The molecule has 0 bridgehead atoms. The van der Waals surface area contributed by atoms with Gasteiger partial charge in [0.2, 0.25) is 0 Å². The molecule has 0 aromatic heterocycles. The lowest BCUT2D eigenvalue weighted by molar-refractivity contribution is 0.0110. The van der Waals surface area contributed by atoms with Gasteiger partial charge in [0.15, 0.2) is 9.84 Å². The van der Waals surface area contributed by atoms with Gasteiger partial charge in [0.25, 0.3) is 0 Å². The van der Waals surface area contributed by atoms with Gasteiger partial charge >= 0.3 is 0 Å². The Morgan fingerprint density at radius 3 is 2.74 bits per heavy atom. The minimum atomic E-state index is -3.37. The highest BCUT2D eigenvalue weighted by Gasteiger charge is 2.20. The molecule has 19 heavy (non-hydrogen) atoms. The van der Waals surface area contributed by atoms with Crippen molar-refractivity contribution >= 4 is 15.7 Å². The molecule has 2 rings (SSSR count). The van der Waals surface area contributed by atoms with Crippen LogP contribution in [0.4, 0.5) is 0 Å². The standard InChI is InChI=1S/C13H18N2O3S/c14-13(15)10-3-1-6-12(9-10)19(16,17)8-7-18-11-4-2-5-11/h1,3,6,9,11H,2,4-5,7-8H2,(H3,14,15). The third kappa shape index (κ3) is 3.54. The SMILES string of the molecule is N=C(N)c1cccc(S(=O)(=O)CCOC2CCC2)c1. The van der Waals surface area contributed by atoms with Crippen LogP contribution in [0.15, 0.2) is 29.2 Å². The lowest BCUT2D eigenvalue weighted by atomic mass is 9.96. The Morgan fingerprint density at radius 1 is 1.42 bits per heavy atom. The minimum Gasteiger partial charge on any atom is -0.384 e. The Labute approximate surface area is 113 Å². The highest BCUT2D eigenvalue weighted by Crippen LogP contribution is 2.22. The number of ether oxygens (including phenoxy) is 1. The number of hydrogen-bond acceptors (Lipinski definition) is 4. The van der Waals surface area contributed by atoms with Gasteiger partial charge < -0.3 is 10.5 Å². The fraction of sp³-hybridized carbons (Fsp3) is 0.462. The van der Waals surface area contributed by atoms with Gasteiger partial charge in [-0.25, -0.2) is 8.42 Å². The Morgan fingerprint density at radius 2 is 2.16 bits per heavy atom. The number of nitrogens with two attached hydrogens (primary N) is 1. The van der Waals surface area contributed by atoms with Gasteiger partial charge in [0.05, 0.1) is 23.4 Å². The van der Waals surface area contributed by atoms with Crippen molar-refractivity contribution in [3.8, 4) is 0 Å². The summed E-state index contributed by atoms with van der Waals surface area (Å²) in [5.41, 5.74) is 5.77. The van der Waals surface area contributed by atoms with Crippen molar-refractivity contribution in [2.24, 2.45) is 5.73 Å². The van der Waals surface area contributed by atoms with Crippen molar-refractivity contribution < 1.29 is 13.2 Å². The van der Waals surface area contributed by atoms with E-state index in [0.717, 1.165) is 19.3 Å². The summed E-state index contributed by atoms with van der Waals surface area (Å²) in [4.78, 5) is 0.192. The molecule has 0 heterocycles. The van der Waals surface area contributed by atoms with Gasteiger partial charge in [-0.05, 0) is 31.4 Å². The van der Waals surface area contributed by atoms with Crippen molar-refractivity contribution in [2.45, 2.75) is 30.3 Å². The summed E-state index contributed by atoms with van der Waals surface area (Å²) in [5, 5.41) is 7.32. The molecule has 1 aliphatic rings. The van der Waals surface area contributed by atoms with Crippen LogP contribution < -0.4 is 5.73 Å². The second-order valence-electron chi connectivity index (χ2n) is 4.68. The van der Waals surface area contributed by atoms with E-state index in [4.69, 9.17) is 15.9 Å². The zero-order valence-corrected chi connectivity index (χ0v) is 11.4. The number of nitrogens with one attached hydrogen (secondary N) is 1. The second kappa shape index (κ2) is 5.71. The molecule has 1 saturated carbocycles. The Hall–Kier alpha value is -1.40. The maximum atomic E-state index is 12.1. The molecule has 1 aromatic carbocycles. The molecule has 1 aliphatic carbocycles. The van der Waals surface area contributed by atoms with Gasteiger partial charge in [-0.15, -0.1) is 0 Å². The maximum absolute atomic E-state index is 12.1. The number of nitrogen functional groups attached to an aromatic ring is 1. The third-order valence-electron chi connectivity index (χ3n) is 3.26. The first kappa shape index (κ1) is 14.0. The second-order valence-corrected chi connectivity index (χ2v) is 6.79. The predicted octanol–water partition coefficient (Wildman–Crippen LogP) is 1.31. The summed E-state index contributed by atoms with van der Waals surface area (Å²) in [5.74, 6) is -0.173. The van der Waals surface area contributed by atoms with Crippen LogP contribution in [0.1, 0.15) is 24.8 Å². The van der Waals surface area contributed by atoms with Gasteiger partial charge in [-0.2, -0.15) is 0 Å². The molecule has 1 aromatic rings. The normalized spacial score (nSPS) is 16.0. The smallest absolute Gasteiger partial charge is 0.180 e. The van der Waals surface area contributed by atoms with E-state index in [-0.39, 0.29) is 29.2 Å². The van der Waals surface area contributed by atoms with Crippen LogP contribution in [0.3, 0.4) is 0 Å². The quantitative estimate of drug-likeness (QED) is 0.607. The molecule has 1 fully saturated rings. The van der Waals surface area contributed by atoms with Crippen LogP contribution >= 0.6 is 0 Å². The highest BCUT2D eigenvalue weighted by atomic mass is 32.2. The number of benzene rings is 1. The third-order valence-corrected chi connectivity index (χ3v) is 4.94. The monoisotopic (exact) mass is 282 g/mol. The average molecular weight is 282 g/mol. The Balaban J connectivity index is 2.01. The van der Waals surface area contributed by atoms with Gasteiger partial charge in [-0.3, -0.25) is 5.41 Å². The largest absolute Gasteiger partial charge is 0.384 e. The highest BCUT2D eigenvalue weighted by molar-refractivity contribution is 7.91. The topological polar surface area (TPSA) is 93.2 Å². The van der Waals surface area contributed by atoms with Crippen molar-refractivity contribution in [2.75, 3.05) is 12.4 Å². The maximum Gasteiger partial charge on any atom is 0.180 e. The molecule has 0 aliphatic heterocycles. The van der Waals surface area contributed by atoms with Crippen LogP contribution in [-0.4, -0.2) is 32.7 Å². The van der Waals surface area contributed by atoms with E-state index >= 15 is 0 Å². The summed E-state index contributed by atoms with van der Waals surface area (Å²) in [7, 11) is -3.37. The first-order valence-electron chi connectivity index (χ1n) is 6.28. The van der Waals surface area contributed by atoms with Gasteiger partial charge in [0.1, 0.15) is 5.84 Å². The van der Waals surface area contributed by atoms with Crippen molar-refractivity contribution in [1.82, 2.24) is 0 Å². The molecular weight excluding hydrogens is 264 g/mol. The zero-order valence-electron chi connectivity index (χ0n) is 10.6. The summed E-state index contributed by atoms with van der Waals surface area (Å²) >= 11 is 0. The van der Waals surface area contributed by atoms with Crippen LogP contribution in [0.25, 0.3) is 0 Å². The van der Waals surface area contributed by atoms with Crippen molar-refractivity contribution in [3.05, 3.63) is 29.8 Å². The first-order valence-corrected chi connectivity index (χ1v) is 7.93. The molecule has 6 heteroatoms. The van der Waals surface area contributed by atoms with E-state index in [2.05, 4.69) is 0 Å². The predicted molar refractivity (Wildman–Crippen MR) is 73.1 cm³/mol. The van der Waals surface area contributed by atoms with E-state index < -0.39 is 9.84 Å². The number of sulfone groups is 1. The summed E-state index contributed by atoms with van der Waals surface area (Å²) in [6, 6.07) is 6.16. The van der Waals surface area contributed by atoms with Crippen molar-refractivity contribution in [1.29, 1.82) is 5.41 Å². The van der Waals surface area contributed by atoms with E-state index in [1.807, 2.05) is 0 Å². The summed E-state index contributed by atoms with van der Waals surface area (Å²) < 4.78 is 29.7. The zero-order chi connectivity index (χ0) is 13.9. The van der Waals surface area contributed by atoms with Crippen LogP contribution in [0, 0.1) is 5.41 Å². The molecule has 104 valence electrons. The molecule has 5 nitrogen and oxygen atoms in total. The first-order chi connectivity index (χ1) is 8.99. The molecule has 0 spiro atoms. The van der Waals surface area contributed by atoms with E-state index in [1.54, 1.807) is 12.1 Å². The van der Waals surface area contributed by atoms with E-state index in [0.29, 0.717) is 5.56 Å². The molecule has 0 unspecified atom stereocenters. The van der Waals surface area contributed by atoms with Gasteiger partial charge in [0, 0.05) is 5.56 Å². The van der Waals surface area contributed by atoms with E-state index in [9.17, 15) is 8.42 Å². The van der Waals surface area contributed by atoms with Gasteiger partial charge in [-0.1, -0.05) is 12.1 Å². The molecular formula is C13H18N2O3S. The van der Waals surface area contributed by atoms with E-state index in [1.165, 1.54) is 12.1 Å². The summed E-state index contributed by atoms with van der Waals surface area (Å²) in [6.07, 6.45) is 3.46. The van der Waals surface area contributed by atoms with Crippen LogP contribution in [-0.2, 0) is 14.6 Å².